The van der Waals surface area contributed by atoms with Crippen LogP contribution in [-0.4, -0.2) is 17.4 Å². The highest BCUT2D eigenvalue weighted by atomic mass is 19.4. The van der Waals surface area contributed by atoms with Gasteiger partial charge in [0.2, 0.25) is 0 Å². The topological polar surface area (TPSA) is 60.2 Å². The van der Waals surface area contributed by atoms with Crippen molar-refractivity contribution < 1.29 is 22.9 Å². The van der Waals surface area contributed by atoms with Crippen LogP contribution in [0.2, 0.25) is 0 Å². The normalized spacial score (nSPS) is 9.71. The highest BCUT2D eigenvalue weighted by Crippen LogP contribution is 2.15. The van der Waals surface area contributed by atoms with Crippen molar-refractivity contribution in [1.82, 2.24) is 0 Å². The van der Waals surface area contributed by atoms with Gasteiger partial charge in [-0.3, -0.25) is 14.9 Å². The lowest BCUT2D eigenvalue weighted by atomic mass is 10.0. The summed E-state index contributed by atoms with van der Waals surface area (Å²) in [6.45, 7) is -3.67. The second-order valence-electron chi connectivity index (χ2n) is 3.75. The summed E-state index contributed by atoms with van der Waals surface area (Å²) in [5.74, 6) is -0.138. The van der Waals surface area contributed by atoms with E-state index in [2.05, 4.69) is 0 Å². The van der Waals surface area contributed by atoms with E-state index in [0.29, 0.717) is 11.1 Å². The molecule has 0 aliphatic heterocycles. The zero-order valence-electron chi connectivity index (χ0n) is 10.6. The van der Waals surface area contributed by atoms with Crippen LogP contribution in [-0.2, 0) is 0 Å². The number of carbonyl (C=O) groups excluding carboxylic acids is 1. The van der Waals surface area contributed by atoms with Gasteiger partial charge in [0.1, 0.15) is 0 Å². The monoisotopic (exact) mass is 297 g/mol. The van der Waals surface area contributed by atoms with Crippen molar-refractivity contribution >= 4 is 11.5 Å². The Labute approximate surface area is 118 Å². The molecule has 2 aromatic carbocycles. The summed E-state index contributed by atoms with van der Waals surface area (Å²) in [4.78, 5) is 21.9. The summed E-state index contributed by atoms with van der Waals surface area (Å²) in [6, 6.07) is 14.4. The van der Waals surface area contributed by atoms with E-state index >= 15 is 0 Å². The zero-order valence-corrected chi connectivity index (χ0v) is 10.6. The molecule has 0 bridgehead atoms. The summed E-state index contributed by atoms with van der Waals surface area (Å²) in [5, 5.41) is 10.5. The number of nitrogens with zero attached hydrogens (tertiary/aromatic N) is 1. The van der Waals surface area contributed by atoms with Crippen molar-refractivity contribution in [3.63, 3.8) is 0 Å². The molecule has 0 saturated carbocycles. The van der Waals surface area contributed by atoms with Gasteiger partial charge < -0.3 is 0 Å². The van der Waals surface area contributed by atoms with Gasteiger partial charge >= 0.3 is 6.68 Å². The molecule has 7 heteroatoms. The maximum Gasteiger partial charge on any atom is 0.379 e. The number of halogens is 3. The molecule has 0 heterocycles. The number of hydrogen-bond acceptors (Lipinski definition) is 3. The molecule has 0 aliphatic carbocycles. The first kappa shape index (κ1) is 16.4. The van der Waals surface area contributed by atoms with Crippen LogP contribution < -0.4 is 0 Å². The molecule has 110 valence electrons. The van der Waals surface area contributed by atoms with E-state index in [4.69, 9.17) is 0 Å². The molecule has 0 spiro atoms. The van der Waals surface area contributed by atoms with Crippen molar-refractivity contribution in [1.29, 1.82) is 0 Å². The van der Waals surface area contributed by atoms with Gasteiger partial charge in [-0.05, 0) is 12.1 Å². The number of alkyl halides is 3. The van der Waals surface area contributed by atoms with Gasteiger partial charge in [0.05, 0.1) is 4.92 Å². The fourth-order valence-electron chi connectivity index (χ4n) is 1.49. The van der Waals surface area contributed by atoms with Crippen LogP contribution in [0, 0.1) is 10.1 Å². The van der Waals surface area contributed by atoms with Gasteiger partial charge in [-0.1, -0.05) is 30.3 Å². The Balaban J connectivity index is 0.000000491. The maximum absolute atomic E-state index is 12.0. The van der Waals surface area contributed by atoms with E-state index in [-0.39, 0.29) is 11.5 Å². The first-order valence-corrected chi connectivity index (χ1v) is 5.68. The number of non-ortho nitro benzene ring substituents is 1. The van der Waals surface area contributed by atoms with Crippen LogP contribution in [0.1, 0.15) is 15.9 Å². The van der Waals surface area contributed by atoms with Crippen molar-refractivity contribution in [3.8, 4) is 0 Å². The van der Waals surface area contributed by atoms with Gasteiger partial charge in [-0.2, -0.15) is 13.2 Å². The van der Waals surface area contributed by atoms with Gasteiger partial charge in [0, 0.05) is 23.3 Å². The van der Waals surface area contributed by atoms with Crippen molar-refractivity contribution in [2.24, 2.45) is 0 Å². The number of nitro groups is 1. The molecule has 0 N–H and O–H groups in total. The number of benzene rings is 2. The van der Waals surface area contributed by atoms with E-state index in [1.165, 1.54) is 24.3 Å². The molecule has 21 heavy (non-hydrogen) atoms. The van der Waals surface area contributed by atoms with Crippen molar-refractivity contribution in [3.05, 3.63) is 75.8 Å². The van der Waals surface area contributed by atoms with Crippen LogP contribution in [0.25, 0.3) is 0 Å². The van der Waals surface area contributed by atoms with Crippen LogP contribution in [0.4, 0.5) is 18.9 Å². The lowest BCUT2D eigenvalue weighted by molar-refractivity contribution is -0.384. The third-order valence-corrected chi connectivity index (χ3v) is 2.38. The van der Waals surface area contributed by atoms with E-state index in [1.807, 2.05) is 6.07 Å². The fourth-order valence-corrected chi connectivity index (χ4v) is 1.49. The standard InChI is InChI=1S/C13H9NO3.CHF3/c15-13(10-4-2-1-3-5-10)11-6-8-12(9-7-11)14(16)17;2-1(3)4/h1-9H;1H. The Bertz CT molecular complexity index is 598. The largest absolute Gasteiger partial charge is 0.379 e. The molecule has 0 unspecified atom stereocenters. The van der Waals surface area contributed by atoms with E-state index in [1.54, 1.807) is 24.3 Å². The third kappa shape index (κ3) is 5.43. The molecule has 2 aromatic rings. The van der Waals surface area contributed by atoms with Gasteiger partial charge in [-0.25, -0.2) is 0 Å². The number of carbonyl (C=O) groups is 1. The summed E-state index contributed by atoms with van der Waals surface area (Å²) in [7, 11) is 0. The number of rotatable bonds is 3. The minimum absolute atomic E-state index is 0.0189. The fraction of sp³-hybridized carbons (Fsp3) is 0.0714. The van der Waals surface area contributed by atoms with Crippen molar-refractivity contribution in [2.45, 2.75) is 6.68 Å². The Hall–Kier alpha value is -2.70. The first-order chi connectivity index (χ1) is 9.91. The Morgan fingerprint density at radius 3 is 1.76 bits per heavy atom. The van der Waals surface area contributed by atoms with Gasteiger partial charge in [0.15, 0.2) is 5.78 Å². The van der Waals surface area contributed by atoms with E-state index in [9.17, 15) is 28.1 Å². The minimum atomic E-state index is -3.67. The van der Waals surface area contributed by atoms with Crippen LogP contribution in [0.3, 0.4) is 0 Å². The SMILES string of the molecule is FC(F)F.O=C(c1ccccc1)c1ccc([N+](=O)[O-])cc1. The molecule has 0 amide bonds. The summed E-state index contributed by atoms with van der Waals surface area (Å²) in [5.41, 5.74) is 0.998. The molecular formula is C14H10F3NO3. The molecule has 0 fully saturated rings. The van der Waals surface area contributed by atoms with E-state index < -0.39 is 11.6 Å². The molecule has 0 radical (unpaired) electrons. The first-order valence-electron chi connectivity index (χ1n) is 5.68. The van der Waals surface area contributed by atoms with E-state index in [0.717, 1.165) is 0 Å². The lowest BCUT2D eigenvalue weighted by Gasteiger charge is -2.00. The average molecular weight is 297 g/mol. The summed E-state index contributed by atoms with van der Waals surface area (Å²) >= 11 is 0. The number of ketones is 1. The Kier molecular flexibility index (Phi) is 6.06. The number of hydrogen-bond donors (Lipinski definition) is 0. The third-order valence-electron chi connectivity index (χ3n) is 2.38. The molecular weight excluding hydrogens is 287 g/mol. The van der Waals surface area contributed by atoms with Crippen molar-refractivity contribution in [2.75, 3.05) is 0 Å². The van der Waals surface area contributed by atoms with Gasteiger partial charge in [0.25, 0.3) is 5.69 Å². The average Bonchev–Trinajstić information content (AvgIpc) is 2.47. The smallest absolute Gasteiger partial charge is 0.289 e. The summed E-state index contributed by atoms with van der Waals surface area (Å²) < 4.78 is 29.0. The predicted molar refractivity (Wildman–Crippen MR) is 70.1 cm³/mol. The predicted octanol–water partition coefficient (Wildman–Crippen LogP) is 4.00. The minimum Gasteiger partial charge on any atom is -0.289 e. The highest BCUT2D eigenvalue weighted by molar-refractivity contribution is 6.09. The molecule has 4 nitrogen and oxygen atoms in total. The molecule has 0 aromatic heterocycles. The van der Waals surface area contributed by atoms with Gasteiger partial charge in [-0.15, -0.1) is 0 Å². The lowest BCUT2D eigenvalue weighted by Crippen LogP contribution is -2.00. The Morgan fingerprint density at radius 2 is 1.33 bits per heavy atom. The van der Waals surface area contributed by atoms with Crippen LogP contribution in [0.15, 0.2) is 54.6 Å². The highest BCUT2D eigenvalue weighted by Gasteiger charge is 2.10. The second-order valence-corrected chi connectivity index (χ2v) is 3.75. The molecule has 0 saturated heterocycles. The number of nitro benzene ring substituents is 1. The van der Waals surface area contributed by atoms with Crippen LogP contribution >= 0.6 is 0 Å². The zero-order chi connectivity index (χ0) is 15.8. The summed E-state index contributed by atoms with van der Waals surface area (Å²) in [6.07, 6.45) is 0. The second kappa shape index (κ2) is 7.78. The molecule has 0 atom stereocenters. The van der Waals surface area contributed by atoms with Crippen LogP contribution in [0.5, 0.6) is 0 Å². The molecule has 2 rings (SSSR count). The molecule has 0 aliphatic rings. The maximum atomic E-state index is 12.0. The quantitative estimate of drug-likeness (QED) is 0.488. The Morgan fingerprint density at radius 1 is 0.905 bits per heavy atom.